The highest BCUT2D eigenvalue weighted by atomic mass is 16.3. The summed E-state index contributed by atoms with van der Waals surface area (Å²) in [6, 6.07) is 19.9. The van der Waals surface area contributed by atoms with Gasteiger partial charge in [0.25, 0.3) is 0 Å². The van der Waals surface area contributed by atoms with E-state index in [4.69, 9.17) is 5.53 Å². The van der Waals surface area contributed by atoms with Crippen molar-refractivity contribution in [1.29, 1.82) is 0 Å². The summed E-state index contributed by atoms with van der Waals surface area (Å²) < 4.78 is 0. The number of hydrogen-bond acceptors (Lipinski definition) is 3. The van der Waals surface area contributed by atoms with Gasteiger partial charge in [-0.1, -0.05) is 59.7 Å². The van der Waals surface area contributed by atoms with Crippen molar-refractivity contribution in [3.63, 3.8) is 0 Å². The van der Waals surface area contributed by atoms with Crippen molar-refractivity contribution in [3.05, 3.63) is 77.2 Å². The number of phenols is 2. The second-order valence-corrected chi connectivity index (χ2v) is 5.71. The predicted molar refractivity (Wildman–Crippen MR) is 99.0 cm³/mol. The van der Waals surface area contributed by atoms with Gasteiger partial charge in [0.2, 0.25) is 0 Å². The highest BCUT2D eigenvalue weighted by molar-refractivity contribution is 6.12. The second kappa shape index (κ2) is 5.74. The number of azide groups is 1. The first-order valence-corrected chi connectivity index (χ1v) is 7.71. The Morgan fingerprint density at radius 1 is 0.720 bits per heavy atom. The van der Waals surface area contributed by atoms with E-state index in [0.29, 0.717) is 27.6 Å². The quantitative estimate of drug-likeness (QED) is 0.268. The summed E-state index contributed by atoms with van der Waals surface area (Å²) in [5.41, 5.74) is 10.2. The van der Waals surface area contributed by atoms with Gasteiger partial charge in [0.1, 0.15) is 11.5 Å². The van der Waals surface area contributed by atoms with Gasteiger partial charge in [-0.25, -0.2) is 0 Å². The molecule has 120 valence electrons. The van der Waals surface area contributed by atoms with Gasteiger partial charge in [0, 0.05) is 21.7 Å². The van der Waals surface area contributed by atoms with Crippen molar-refractivity contribution in [3.8, 4) is 22.6 Å². The molecule has 0 fully saturated rings. The van der Waals surface area contributed by atoms with E-state index in [9.17, 15) is 10.2 Å². The van der Waals surface area contributed by atoms with Crippen LogP contribution in [0, 0.1) is 0 Å². The minimum absolute atomic E-state index is 0.0484. The molecule has 0 bridgehead atoms. The molecular weight excluding hydrogens is 314 g/mol. The van der Waals surface area contributed by atoms with E-state index in [2.05, 4.69) is 10.0 Å². The largest absolute Gasteiger partial charge is 0.507 e. The van der Waals surface area contributed by atoms with Gasteiger partial charge in [0.15, 0.2) is 0 Å². The standard InChI is InChI=1S/C20H13N3O2/c21-23-22-16-11-18(25)20(15-8-4-3-7-14(15)16)19-13-6-2-1-5-12(13)9-10-17(19)24/h1-11,24-25H. The summed E-state index contributed by atoms with van der Waals surface area (Å²) in [4.78, 5) is 2.83. The zero-order valence-electron chi connectivity index (χ0n) is 13.1. The normalized spacial score (nSPS) is 10.7. The summed E-state index contributed by atoms with van der Waals surface area (Å²) in [6.45, 7) is 0. The number of benzene rings is 4. The van der Waals surface area contributed by atoms with Crippen molar-refractivity contribution in [2.24, 2.45) is 5.11 Å². The molecule has 4 rings (SSSR count). The number of fused-ring (bicyclic) bond motifs is 2. The molecule has 0 aliphatic rings. The van der Waals surface area contributed by atoms with Gasteiger partial charge in [-0.15, -0.1) is 0 Å². The molecule has 0 amide bonds. The van der Waals surface area contributed by atoms with Crippen molar-refractivity contribution in [1.82, 2.24) is 0 Å². The lowest BCUT2D eigenvalue weighted by molar-refractivity contribution is 0.470. The molecule has 25 heavy (non-hydrogen) atoms. The summed E-state index contributed by atoms with van der Waals surface area (Å²) in [7, 11) is 0. The summed E-state index contributed by atoms with van der Waals surface area (Å²) in [6.07, 6.45) is 0. The van der Waals surface area contributed by atoms with Crippen molar-refractivity contribution in [2.45, 2.75) is 0 Å². The summed E-state index contributed by atoms with van der Waals surface area (Å²) >= 11 is 0. The Bertz CT molecular complexity index is 1180. The fourth-order valence-electron chi connectivity index (χ4n) is 3.26. The number of hydrogen-bond donors (Lipinski definition) is 2. The van der Waals surface area contributed by atoms with Gasteiger partial charge in [-0.3, -0.25) is 0 Å². The van der Waals surface area contributed by atoms with Crippen LogP contribution in [-0.2, 0) is 0 Å². The molecule has 0 aliphatic heterocycles. The Morgan fingerprint density at radius 3 is 2.12 bits per heavy atom. The van der Waals surface area contributed by atoms with Crippen LogP contribution in [0.25, 0.3) is 43.1 Å². The smallest absolute Gasteiger partial charge is 0.124 e. The Labute approximate surface area is 143 Å². The average Bonchev–Trinajstić information content (AvgIpc) is 2.63. The zero-order chi connectivity index (χ0) is 17.4. The summed E-state index contributed by atoms with van der Waals surface area (Å²) in [5, 5.41) is 28.1. The number of rotatable bonds is 2. The van der Waals surface area contributed by atoms with Gasteiger partial charge in [-0.2, -0.15) is 0 Å². The molecule has 4 aromatic rings. The molecule has 0 unspecified atom stereocenters. The molecule has 5 nitrogen and oxygen atoms in total. The first kappa shape index (κ1) is 14.9. The van der Waals surface area contributed by atoms with Crippen molar-refractivity contribution in [2.75, 3.05) is 0 Å². The van der Waals surface area contributed by atoms with Crippen LogP contribution >= 0.6 is 0 Å². The fourth-order valence-corrected chi connectivity index (χ4v) is 3.26. The van der Waals surface area contributed by atoms with Crippen molar-refractivity contribution >= 4 is 27.2 Å². The molecule has 0 saturated heterocycles. The van der Waals surface area contributed by atoms with E-state index in [1.807, 2.05) is 54.6 Å². The Morgan fingerprint density at radius 2 is 1.36 bits per heavy atom. The maximum absolute atomic E-state index is 10.7. The van der Waals surface area contributed by atoms with Gasteiger partial charge >= 0.3 is 0 Å². The average molecular weight is 327 g/mol. The molecule has 5 heteroatoms. The molecule has 0 aromatic heterocycles. The molecule has 0 aliphatic carbocycles. The third-order valence-electron chi connectivity index (χ3n) is 4.31. The van der Waals surface area contributed by atoms with Crippen LogP contribution in [-0.4, -0.2) is 10.2 Å². The first-order chi connectivity index (χ1) is 12.2. The lowest BCUT2D eigenvalue weighted by Crippen LogP contribution is -1.87. The van der Waals surface area contributed by atoms with Crippen LogP contribution in [0.2, 0.25) is 0 Å². The highest BCUT2D eigenvalue weighted by Gasteiger charge is 2.18. The second-order valence-electron chi connectivity index (χ2n) is 5.71. The molecule has 0 atom stereocenters. The summed E-state index contributed by atoms with van der Waals surface area (Å²) in [5.74, 6) is 0.0310. The Kier molecular flexibility index (Phi) is 3.42. The minimum atomic E-state index is -0.0484. The predicted octanol–water partition coefficient (Wildman–Crippen LogP) is 6.01. The first-order valence-electron chi connectivity index (χ1n) is 7.71. The van der Waals surface area contributed by atoms with Crippen LogP contribution in [0.15, 0.2) is 71.8 Å². The third-order valence-corrected chi connectivity index (χ3v) is 4.31. The number of nitrogens with zero attached hydrogens (tertiary/aromatic N) is 3. The lowest BCUT2D eigenvalue weighted by Gasteiger charge is -2.15. The van der Waals surface area contributed by atoms with Gasteiger partial charge in [-0.05, 0) is 39.2 Å². The molecular formula is C20H13N3O2. The monoisotopic (exact) mass is 327 g/mol. The number of aromatic hydroxyl groups is 2. The van der Waals surface area contributed by atoms with Crippen LogP contribution in [0.5, 0.6) is 11.5 Å². The Hall–Kier alpha value is -3.69. The van der Waals surface area contributed by atoms with Gasteiger partial charge in [0.05, 0.1) is 0 Å². The minimum Gasteiger partial charge on any atom is -0.507 e. The molecule has 0 radical (unpaired) electrons. The molecule has 2 N–H and O–H groups in total. The molecule has 0 spiro atoms. The maximum atomic E-state index is 10.7. The van der Waals surface area contributed by atoms with Gasteiger partial charge < -0.3 is 10.2 Å². The van der Waals surface area contributed by atoms with E-state index >= 15 is 0 Å². The van der Waals surface area contributed by atoms with E-state index in [0.717, 1.165) is 10.8 Å². The van der Waals surface area contributed by atoms with E-state index in [1.165, 1.54) is 6.07 Å². The van der Waals surface area contributed by atoms with E-state index < -0.39 is 0 Å². The topological polar surface area (TPSA) is 89.2 Å². The van der Waals surface area contributed by atoms with Crippen LogP contribution in [0.4, 0.5) is 5.69 Å². The van der Waals surface area contributed by atoms with E-state index in [-0.39, 0.29) is 11.5 Å². The maximum Gasteiger partial charge on any atom is 0.124 e. The molecule has 4 aromatic carbocycles. The highest BCUT2D eigenvalue weighted by Crippen LogP contribution is 2.47. The van der Waals surface area contributed by atoms with Crippen molar-refractivity contribution < 1.29 is 10.2 Å². The number of phenolic OH excluding ortho intramolecular Hbond substituents is 2. The lowest BCUT2D eigenvalue weighted by atomic mass is 9.92. The third kappa shape index (κ3) is 2.31. The fraction of sp³-hybridized carbons (Fsp3) is 0. The van der Waals surface area contributed by atoms with Crippen LogP contribution < -0.4 is 0 Å². The molecule has 0 heterocycles. The molecule has 0 saturated carbocycles. The van der Waals surface area contributed by atoms with E-state index in [1.54, 1.807) is 6.07 Å². The van der Waals surface area contributed by atoms with Crippen LogP contribution in [0.1, 0.15) is 0 Å². The Balaban J connectivity index is 2.20. The zero-order valence-corrected chi connectivity index (χ0v) is 13.1. The SMILES string of the molecule is [N-]=[N+]=Nc1cc(O)c(-c2c(O)ccc3ccccc23)c2ccccc12. The van der Waals surface area contributed by atoms with Crippen LogP contribution in [0.3, 0.4) is 0 Å².